The highest BCUT2D eigenvalue weighted by Gasteiger charge is 2.24. The summed E-state index contributed by atoms with van der Waals surface area (Å²) in [5.74, 6) is 0.0688. The number of carbonyl (C=O) groups excluding carboxylic acids is 1. The lowest BCUT2D eigenvalue weighted by atomic mass is 10.1. The van der Waals surface area contributed by atoms with E-state index >= 15 is 0 Å². The van der Waals surface area contributed by atoms with Gasteiger partial charge in [0.2, 0.25) is 5.88 Å². The molecular weight excluding hydrogens is 480 g/mol. The first kappa shape index (κ1) is 25.1. The molecule has 0 aliphatic heterocycles. The van der Waals surface area contributed by atoms with Crippen LogP contribution in [0, 0.1) is 26.7 Å². The fourth-order valence-corrected chi connectivity index (χ4v) is 4.75. The zero-order valence-electron chi connectivity index (χ0n) is 20.7. The van der Waals surface area contributed by atoms with Crippen LogP contribution in [0.1, 0.15) is 43.7 Å². The number of aromatic nitrogens is 5. The smallest absolute Gasteiger partial charge is 0.281 e. The second-order valence-electron chi connectivity index (χ2n) is 9.08. The van der Waals surface area contributed by atoms with Gasteiger partial charge in [0.15, 0.2) is 5.03 Å². The van der Waals surface area contributed by atoms with E-state index in [4.69, 9.17) is 4.74 Å². The van der Waals surface area contributed by atoms with Crippen LogP contribution in [0.3, 0.4) is 0 Å². The molecule has 4 rings (SSSR count). The lowest BCUT2D eigenvalue weighted by Gasteiger charge is -2.15. The molecule has 11 heteroatoms. The SMILES string of the molecule is Cc1cc(C)c(Oc2nc(-c3cnn(CC(C)C)c3)ccc2C(=O)NS(=O)(=O)c2ccn[nH]2)c(C)c1.[HH].[HH]. The summed E-state index contributed by atoms with van der Waals surface area (Å²) in [6.07, 6.45) is 4.85. The molecule has 0 spiro atoms. The highest BCUT2D eigenvalue weighted by atomic mass is 32.2. The maximum atomic E-state index is 13.1. The minimum Gasteiger partial charge on any atom is -0.438 e. The van der Waals surface area contributed by atoms with Gasteiger partial charge in [0.25, 0.3) is 15.9 Å². The Labute approximate surface area is 212 Å². The van der Waals surface area contributed by atoms with Crippen molar-refractivity contribution in [3.63, 3.8) is 0 Å². The van der Waals surface area contributed by atoms with E-state index in [-0.39, 0.29) is 19.3 Å². The zero-order chi connectivity index (χ0) is 26.0. The Morgan fingerprint density at radius 1 is 1.17 bits per heavy atom. The third-order valence-electron chi connectivity index (χ3n) is 5.38. The number of rotatable bonds is 8. The van der Waals surface area contributed by atoms with Gasteiger partial charge < -0.3 is 4.74 Å². The molecule has 2 N–H and O–H groups in total. The van der Waals surface area contributed by atoms with E-state index in [1.54, 1.807) is 12.3 Å². The third-order valence-corrected chi connectivity index (χ3v) is 6.64. The number of nitrogens with one attached hydrogen (secondary N) is 2. The average Bonchev–Trinajstić information content (AvgIpc) is 3.48. The van der Waals surface area contributed by atoms with Crippen LogP contribution in [0.4, 0.5) is 0 Å². The van der Waals surface area contributed by atoms with Crippen LogP contribution in [0.15, 0.2) is 53.9 Å². The maximum Gasteiger partial charge on any atom is 0.281 e. The van der Waals surface area contributed by atoms with Crippen molar-refractivity contribution in [3.05, 3.63) is 71.2 Å². The Morgan fingerprint density at radius 3 is 2.53 bits per heavy atom. The van der Waals surface area contributed by atoms with Gasteiger partial charge >= 0.3 is 0 Å². The molecule has 0 unspecified atom stereocenters. The summed E-state index contributed by atoms with van der Waals surface area (Å²) in [6.45, 7) is 10.7. The summed E-state index contributed by atoms with van der Waals surface area (Å²) >= 11 is 0. The average molecular weight is 513 g/mol. The zero-order valence-corrected chi connectivity index (χ0v) is 21.5. The highest BCUT2D eigenvalue weighted by molar-refractivity contribution is 7.90. The van der Waals surface area contributed by atoms with Crippen molar-refractivity contribution in [1.82, 2.24) is 29.7 Å². The van der Waals surface area contributed by atoms with Gasteiger partial charge in [0.1, 0.15) is 11.3 Å². The first-order chi connectivity index (χ1) is 17.0. The number of hydrogen-bond acceptors (Lipinski definition) is 7. The van der Waals surface area contributed by atoms with Gasteiger partial charge in [-0.3, -0.25) is 14.6 Å². The number of amides is 1. The van der Waals surface area contributed by atoms with Crippen LogP contribution in [-0.2, 0) is 16.6 Å². The van der Waals surface area contributed by atoms with Gasteiger partial charge in [-0.05, 0) is 56.0 Å². The van der Waals surface area contributed by atoms with E-state index in [1.807, 2.05) is 43.8 Å². The molecule has 0 saturated heterocycles. The van der Waals surface area contributed by atoms with Crippen molar-refractivity contribution in [2.75, 3.05) is 0 Å². The second kappa shape index (κ2) is 9.94. The van der Waals surface area contributed by atoms with Crippen molar-refractivity contribution in [2.45, 2.75) is 46.2 Å². The summed E-state index contributed by atoms with van der Waals surface area (Å²) in [6, 6.07) is 8.31. The van der Waals surface area contributed by atoms with Crippen molar-refractivity contribution >= 4 is 15.9 Å². The van der Waals surface area contributed by atoms with E-state index in [9.17, 15) is 13.2 Å². The fourth-order valence-electron chi connectivity index (χ4n) is 3.87. The van der Waals surface area contributed by atoms with E-state index < -0.39 is 15.9 Å². The van der Waals surface area contributed by atoms with Gasteiger partial charge in [0, 0.05) is 21.2 Å². The topological polar surface area (TPSA) is 132 Å². The number of aromatic amines is 1. The molecule has 1 aromatic carbocycles. The van der Waals surface area contributed by atoms with Crippen LogP contribution < -0.4 is 9.46 Å². The second-order valence-corrected chi connectivity index (χ2v) is 10.7. The number of benzene rings is 1. The van der Waals surface area contributed by atoms with Crippen molar-refractivity contribution in [1.29, 1.82) is 0 Å². The molecule has 36 heavy (non-hydrogen) atoms. The molecule has 1 amide bonds. The molecule has 3 heterocycles. The number of hydrogen-bond donors (Lipinski definition) is 2. The molecule has 0 radical (unpaired) electrons. The Kier molecular flexibility index (Phi) is 6.93. The van der Waals surface area contributed by atoms with Crippen LogP contribution in [-0.4, -0.2) is 39.3 Å². The summed E-state index contributed by atoms with van der Waals surface area (Å²) < 4.78 is 35.2. The lowest BCUT2D eigenvalue weighted by Crippen LogP contribution is -2.31. The predicted octanol–water partition coefficient (Wildman–Crippen LogP) is 4.65. The fraction of sp³-hybridized carbons (Fsp3) is 0.280. The Hall–Kier alpha value is -3.99. The van der Waals surface area contributed by atoms with Crippen LogP contribution >= 0.6 is 0 Å². The summed E-state index contributed by atoms with van der Waals surface area (Å²) in [7, 11) is -4.16. The molecule has 0 aliphatic rings. The highest BCUT2D eigenvalue weighted by Crippen LogP contribution is 2.32. The van der Waals surface area contributed by atoms with Gasteiger partial charge in [-0.1, -0.05) is 31.5 Å². The minimum atomic E-state index is -4.16. The first-order valence-electron chi connectivity index (χ1n) is 11.4. The molecule has 0 atom stereocenters. The molecule has 3 aromatic heterocycles. The Bertz CT molecular complexity index is 1500. The van der Waals surface area contributed by atoms with Crippen LogP contribution in [0.2, 0.25) is 0 Å². The van der Waals surface area contributed by atoms with Gasteiger partial charge in [0.05, 0.1) is 18.1 Å². The third kappa shape index (κ3) is 5.46. The predicted molar refractivity (Wildman–Crippen MR) is 138 cm³/mol. The molecule has 0 saturated carbocycles. The molecule has 192 valence electrons. The van der Waals surface area contributed by atoms with Crippen LogP contribution in [0.25, 0.3) is 11.3 Å². The number of pyridine rings is 1. The first-order valence-corrected chi connectivity index (χ1v) is 12.9. The van der Waals surface area contributed by atoms with Crippen LogP contribution in [0.5, 0.6) is 11.6 Å². The monoisotopic (exact) mass is 512 g/mol. The van der Waals surface area contributed by atoms with Crippen molar-refractivity contribution < 1.29 is 20.8 Å². The van der Waals surface area contributed by atoms with Crippen molar-refractivity contribution in [2.24, 2.45) is 5.92 Å². The Balaban J connectivity index is 0.00000253. The molecule has 10 nitrogen and oxygen atoms in total. The quantitative estimate of drug-likeness (QED) is 0.351. The lowest BCUT2D eigenvalue weighted by molar-refractivity contribution is 0.0978. The largest absolute Gasteiger partial charge is 0.438 e. The number of carbonyl (C=O) groups is 1. The van der Waals surface area contributed by atoms with Gasteiger partial charge in [-0.2, -0.15) is 18.6 Å². The molecule has 0 fully saturated rings. The summed E-state index contributed by atoms with van der Waals surface area (Å²) in [5, 5.41) is 10.1. The van der Waals surface area contributed by atoms with E-state index in [0.717, 1.165) is 28.8 Å². The summed E-state index contributed by atoms with van der Waals surface area (Å²) in [5.41, 5.74) is 4.04. The molecular formula is C25H32N6O4S. The standard InChI is InChI=1S/C25H28N6O4S.2H2/c1-15(2)13-31-14-19(12-27-31)21-7-6-20(24(32)30-36(33,34)22-8-9-26-29-22)25(28-21)35-23-17(4)10-16(3)11-18(23)5;;/h6-12,14-15H,13H2,1-5H3,(H,26,29)(H,30,32);2*1H. The normalized spacial score (nSPS) is 11.6. The minimum absolute atomic E-state index is 0. The number of ether oxygens (including phenoxy) is 1. The summed E-state index contributed by atoms with van der Waals surface area (Å²) in [4.78, 5) is 17.7. The van der Waals surface area contributed by atoms with E-state index in [1.165, 1.54) is 18.3 Å². The van der Waals surface area contributed by atoms with Gasteiger partial charge in [-0.15, -0.1) is 0 Å². The molecule has 4 aromatic rings. The van der Waals surface area contributed by atoms with Crippen molar-refractivity contribution in [3.8, 4) is 22.9 Å². The number of H-pyrrole nitrogens is 1. The Morgan fingerprint density at radius 2 is 1.89 bits per heavy atom. The number of aryl methyl sites for hydroxylation is 3. The van der Waals surface area contributed by atoms with Gasteiger partial charge in [-0.25, -0.2) is 9.71 Å². The van der Waals surface area contributed by atoms with E-state index in [2.05, 4.69) is 38.8 Å². The van der Waals surface area contributed by atoms with E-state index in [0.29, 0.717) is 17.4 Å². The molecule has 0 aliphatic carbocycles. The molecule has 0 bridgehead atoms. The number of nitrogens with zero attached hydrogens (tertiary/aromatic N) is 4. The maximum absolute atomic E-state index is 13.1. The number of sulfonamides is 1.